The van der Waals surface area contributed by atoms with Crippen LogP contribution < -0.4 is 5.32 Å². The third-order valence-electron chi connectivity index (χ3n) is 3.79. The minimum atomic E-state index is -0.410. The van der Waals surface area contributed by atoms with E-state index in [9.17, 15) is 14.4 Å². The summed E-state index contributed by atoms with van der Waals surface area (Å²) >= 11 is 1.45. The molecule has 2 aromatic carbocycles. The SMILES string of the molecule is CCC(=O)Nc1ccc(C(=O)COC(=O)CSCc2ccc(C)cc2)cc1. The molecule has 0 saturated heterocycles. The molecule has 0 aliphatic heterocycles. The van der Waals surface area contributed by atoms with Gasteiger partial charge in [-0.3, -0.25) is 14.4 Å². The Balaban J connectivity index is 1.71. The average molecular weight is 385 g/mol. The number of rotatable bonds is 9. The molecule has 0 fully saturated rings. The van der Waals surface area contributed by atoms with Gasteiger partial charge in [0, 0.05) is 23.4 Å². The Bertz CT molecular complexity index is 785. The van der Waals surface area contributed by atoms with Gasteiger partial charge in [-0.1, -0.05) is 36.8 Å². The van der Waals surface area contributed by atoms with Crippen LogP contribution in [0.4, 0.5) is 5.69 Å². The van der Waals surface area contributed by atoms with Gasteiger partial charge in [0.15, 0.2) is 12.4 Å². The zero-order chi connectivity index (χ0) is 19.6. The molecule has 0 spiro atoms. The van der Waals surface area contributed by atoms with Gasteiger partial charge in [-0.25, -0.2) is 0 Å². The van der Waals surface area contributed by atoms with Gasteiger partial charge in [0.05, 0.1) is 5.75 Å². The van der Waals surface area contributed by atoms with E-state index in [1.165, 1.54) is 17.3 Å². The molecule has 0 aromatic heterocycles. The van der Waals surface area contributed by atoms with Crippen LogP contribution in [0.15, 0.2) is 48.5 Å². The van der Waals surface area contributed by atoms with Gasteiger partial charge in [-0.15, -0.1) is 11.8 Å². The van der Waals surface area contributed by atoms with Crippen LogP contribution in [0.1, 0.15) is 34.8 Å². The molecule has 27 heavy (non-hydrogen) atoms. The number of ether oxygens (including phenoxy) is 1. The number of thioether (sulfide) groups is 1. The van der Waals surface area contributed by atoms with Gasteiger partial charge in [0.25, 0.3) is 0 Å². The van der Waals surface area contributed by atoms with Crippen LogP contribution in [0.2, 0.25) is 0 Å². The van der Waals surface area contributed by atoms with Crippen molar-refractivity contribution in [3.63, 3.8) is 0 Å². The van der Waals surface area contributed by atoms with Crippen LogP contribution in [0.25, 0.3) is 0 Å². The first-order valence-electron chi connectivity index (χ1n) is 8.70. The van der Waals surface area contributed by atoms with E-state index in [-0.39, 0.29) is 24.1 Å². The predicted octanol–water partition coefficient (Wildman–Crippen LogP) is 4.00. The van der Waals surface area contributed by atoms with Gasteiger partial charge >= 0.3 is 5.97 Å². The van der Waals surface area contributed by atoms with Crippen molar-refractivity contribution in [2.24, 2.45) is 0 Å². The third-order valence-corrected chi connectivity index (χ3v) is 4.76. The number of ketones is 1. The van der Waals surface area contributed by atoms with Crippen LogP contribution in [0.3, 0.4) is 0 Å². The first kappa shape index (κ1) is 20.7. The standard InChI is InChI=1S/C21H23NO4S/c1-3-20(24)22-18-10-8-17(9-11-18)19(23)12-26-21(25)14-27-13-16-6-4-15(2)5-7-16/h4-11H,3,12-14H2,1-2H3,(H,22,24). The summed E-state index contributed by atoms with van der Waals surface area (Å²) in [6, 6.07) is 14.6. The second-order valence-corrected chi connectivity index (χ2v) is 7.03. The fraction of sp³-hybridized carbons (Fsp3) is 0.286. The smallest absolute Gasteiger partial charge is 0.316 e. The highest BCUT2D eigenvalue weighted by Crippen LogP contribution is 2.14. The Morgan fingerprint density at radius 2 is 1.67 bits per heavy atom. The maximum atomic E-state index is 12.1. The maximum absolute atomic E-state index is 12.1. The highest BCUT2D eigenvalue weighted by atomic mass is 32.2. The van der Waals surface area contributed by atoms with E-state index in [4.69, 9.17) is 4.74 Å². The molecule has 1 N–H and O–H groups in total. The predicted molar refractivity (Wildman–Crippen MR) is 108 cm³/mol. The molecule has 0 saturated carbocycles. The first-order valence-corrected chi connectivity index (χ1v) is 9.85. The molecule has 0 aliphatic carbocycles. The summed E-state index contributed by atoms with van der Waals surface area (Å²) in [7, 11) is 0. The zero-order valence-electron chi connectivity index (χ0n) is 15.5. The summed E-state index contributed by atoms with van der Waals surface area (Å²) in [5.41, 5.74) is 3.40. The van der Waals surface area contributed by atoms with Gasteiger partial charge in [-0.05, 0) is 36.8 Å². The number of hydrogen-bond acceptors (Lipinski definition) is 5. The number of aryl methyl sites for hydroxylation is 1. The van der Waals surface area contributed by atoms with Gasteiger partial charge in [-0.2, -0.15) is 0 Å². The Morgan fingerprint density at radius 1 is 1.00 bits per heavy atom. The lowest BCUT2D eigenvalue weighted by atomic mass is 10.1. The number of hydrogen-bond donors (Lipinski definition) is 1. The topological polar surface area (TPSA) is 72.5 Å². The molecule has 1 amide bonds. The Hall–Kier alpha value is -2.60. The van der Waals surface area contributed by atoms with E-state index in [0.717, 1.165) is 5.56 Å². The highest BCUT2D eigenvalue weighted by molar-refractivity contribution is 7.99. The van der Waals surface area contributed by atoms with Crippen LogP contribution in [0, 0.1) is 6.92 Å². The van der Waals surface area contributed by atoms with Crippen molar-refractivity contribution in [1.29, 1.82) is 0 Å². The summed E-state index contributed by atoms with van der Waals surface area (Å²) in [6.07, 6.45) is 0.387. The van der Waals surface area contributed by atoms with E-state index < -0.39 is 5.97 Å². The molecule has 142 valence electrons. The molecule has 0 radical (unpaired) electrons. The average Bonchev–Trinajstić information content (AvgIpc) is 2.68. The van der Waals surface area contributed by atoms with Crippen molar-refractivity contribution in [3.8, 4) is 0 Å². The largest absolute Gasteiger partial charge is 0.457 e. The van der Waals surface area contributed by atoms with Crippen molar-refractivity contribution in [3.05, 3.63) is 65.2 Å². The third kappa shape index (κ3) is 7.27. The molecule has 2 aromatic rings. The van der Waals surface area contributed by atoms with E-state index in [1.54, 1.807) is 31.2 Å². The molecule has 0 unspecified atom stereocenters. The molecule has 0 atom stereocenters. The van der Waals surface area contributed by atoms with Crippen LogP contribution >= 0.6 is 11.8 Å². The lowest BCUT2D eigenvalue weighted by Crippen LogP contribution is -2.16. The number of anilines is 1. The molecule has 6 heteroatoms. The van der Waals surface area contributed by atoms with Crippen LogP contribution in [-0.2, 0) is 20.1 Å². The summed E-state index contributed by atoms with van der Waals surface area (Å²) in [6.45, 7) is 3.51. The van der Waals surface area contributed by atoms with Crippen molar-refractivity contribution < 1.29 is 19.1 Å². The van der Waals surface area contributed by atoms with Crippen molar-refractivity contribution in [1.82, 2.24) is 0 Å². The number of carbonyl (C=O) groups excluding carboxylic acids is 3. The number of carbonyl (C=O) groups is 3. The Labute approximate surface area is 163 Å². The number of Topliss-reactive ketones (excluding diaryl/α,β-unsaturated/α-hetero) is 1. The normalized spacial score (nSPS) is 10.3. The van der Waals surface area contributed by atoms with E-state index in [2.05, 4.69) is 5.32 Å². The molecule has 0 heterocycles. The molecule has 2 rings (SSSR count). The van der Waals surface area contributed by atoms with Crippen molar-refractivity contribution in [2.45, 2.75) is 26.0 Å². The fourth-order valence-electron chi connectivity index (χ4n) is 2.20. The second-order valence-electron chi connectivity index (χ2n) is 6.04. The van der Waals surface area contributed by atoms with Crippen LogP contribution in [-0.4, -0.2) is 30.0 Å². The zero-order valence-corrected chi connectivity index (χ0v) is 16.3. The number of esters is 1. The minimum absolute atomic E-state index is 0.0915. The Morgan fingerprint density at radius 3 is 2.30 bits per heavy atom. The summed E-state index contributed by atoms with van der Waals surface area (Å²) in [5, 5.41) is 2.71. The number of nitrogens with one attached hydrogen (secondary N) is 1. The quantitative estimate of drug-likeness (QED) is 0.522. The number of amides is 1. The van der Waals surface area contributed by atoms with Crippen molar-refractivity contribution >= 4 is 35.1 Å². The van der Waals surface area contributed by atoms with E-state index in [1.807, 2.05) is 31.2 Å². The molecule has 0 aliphatic rings. The first-order chi connectivity index (χ1) is 13.0. The second kappa shape index (κ2) is 10.5. The minimum Gasteiger partial charge on any atom is -0.457 e. The van der Waals surface area contributed by atoms with Crippen LogP contribution in [0.5, 0.6) is 0 Å². The highest BCUT2D eigenvalue weighted by Gasteiger charge is 2.10. The Kier molecular flexibility index (Phi) is 8.07. The molecular formula is C21H23NO4S. The fourth-order valence-corrected chi connectivity index (χ4v) is 2.98. The lowest BCUT2D eigenvalue weighted by Gasteiger charge is -2.06. The number of benzene rings is 2. The van der Waals surface area contributed by atoms with E-state index >= 15 is 0 Å². The summed E-state index contributed by atoms with van der Waals surface area (Å²) < 4.78 is 5.05. The maximum Gasteiger partial charge on any atom is 0.316 e. The van der Waals surface area contributed by atoms with Crippen molar-refractivity contribution in [2.75, 3.05) is 17.7 Å². The van der Waals surface area contributed by atoms with Gasteiger partial charge in [0.1, 0.15) is 0 Å². The van der Waals surface area contributed by atoms with Gasteiger partial charge < -0.3 is 10.1 Å². The van der Waals surface area contributed by atoms with E-state index in [0.29, 0.717) is 23.4 Å². The van der Waals surface area contributed by atoms with Gasteiger partial charge in [0.2, 0.25) is 5.91 Å². The lowest BCUT2D eigenvalue weighted by molar-refractivity contribution is -0.139. The summed E-state index contributed by atoms with van der Waals surface area (Å²) in [5.74, 6) is 0.135. The monoisotopic (exact) mass is 385 g/mol. The summed E-state index contributed by atoms with van der Waals surface area (Å²) in [4.78, 5) is 35.2. The molecular weight excluding hydrogens is 362 g/mol. The molecule has 5 nitrogen and oxygen atoms in total. The molecule has 0 bridgehead atoms.